The highest BCUT2D eigenvalue weighted by molar-refractivity contribution is 5.88. The van der Waals surface area contributed by atoms with Gasteiger partial charge >= 0.3 is 0 Å². The van der Waals surface area contributed by atoms with Crippen molar-refractivity contribution in [2.75, 3.05) is 20.3 Å². The zero-order chi connectivity index (χ0) is 20.0. The van der Waals surface area contributed by atoms with Gasteiger partial charge in [-0.05, 0) is 49.4 Å². The minimum atomic E-state index is -0.589. The van der Waals surface area contributed by atoms with E-state index in [2.05, 4.69) is 43.4 Å². The van der Waals surface area contributed by atoms with Gasteiger partial charge in [-0.15, -0.1) is 0 Å². The molecule has 0 amide bonds. The molecule has 28 heavy (non-hydrogen) atoms. The molecule has 0 aliphatic carbocycles. The van der Waals surface area contributed by atoms with Gasteiger partial charge in [0.1, 0.15) is 24.2 Å². The van der Waals surface area contributed by atoms with E-state index in [1.807, 2.05) is 42.5 Å². The third-order valence-electron chi connectivity index (χ3n) is 4.80. The van der Waals surface area contributed by atoms with Crippen LogP contribution in [-0.4, -0.2) is 37.0 Å². The number of hydrogen-bond donors (Lipinski definition) is 2. The Kier molecular flexibility index (Phi) is 6.55. The van der Waals surface area contributed by atoms with Gasteiger partial charge in [-0.3, -0.25) is 0 Å². The molecule has 0 aliphatic heterocycles. The van der Waals surface area contributed by atoms with E-state index in [4.69, 9.17) is 9.47 Å². The lowest BCUT2D eigenvalue weighted by atomic mass is 9.94. The van der Waals surface area contributed by atoms with Gasteiger partial charge in [0.25, 0.3) is 0 Å². The Hall–Kier alpha value is -2.56. The van der Waals surface area contributed by atoms with Crippen LogP contribution in [-0.2, 0) is 6.42 Å². The first kappa shape index (κ1) is 20.2. The fourth-order valence-corrected chi connectivity index (χ4v) is 3.28. The summed E-state index contributed by atoms with van der Waals surface area (Å²) in [7, 11) is 1.67. The van der Waals surface area contributed by atoms with Crippen LogP contribution in [0.4, 0.5) is 0 Å². The molecule has 1 atom stereocenters. The number of hydrogen-bond acceptors (Lipinski definition) is 4. The zero-order valence-corrected chi connectivity index (χ0v) is 16.8. The van der Waals surface area contributed by atoms with E-state index in [9.17, 15) is 5.11 Å². The predicted octanol–water partition coefficient (Wildman–Crippen LogP) is 4.20. The SMILES string of the molecule is COc1ccc(CC(C)(C)NCC(O)COc2cccc3ccccc23)cc1. The lowest BCUT2D eigenvalue weighted by Gasteiger charge is -2.28. The van der Waals surface area contributed by atoms with Gasteiger partial charge in [0.2, 0.25) is 0 Å². The average molecular weight is 380 g/mol. The van der Waals surface area contributed by atoms with E-state index in [1.54, 1.807) is 7.11 Å². The van der Waals surface area contributed by atoms with Crippen LogP contribution < -0.4 is 14.8 Å². The van der Waals surface area contributed by atoms with Crippen LogP contribution >= 0.6 is 0 Å². The quantitative estimate of drug-likeness (QED) is 0.585. The average Bonchev–Trinajstić information content (AvgIpc) is 2.71. The Bertz CT molecular complexity index is 885. The Labute approximate surface area is 167 Å². The third kappa shape index (κ3) is 5.47. The monoisotopic (exact) mass is 379 g/mol. The fraction of sp³-hybridized carbons (Fsp3) is 0.333. The van der Waals surface area contributed by atoms with E-state index in [1.165, 1.54) is 5.56 Å². The largest absolute Gasteiger partial charge is 0.497 e. The normalized spacial score (nSPS) is 12.7. The number of aliphatic hydroxyl groups excluding tert-OH is 1. The van der Waals surface area contributed by atoms with Crippen molar-refractivity contribution < 1.29 is 14.6 Å². The molecule has 0 radical (unpaired) electrons. The molecule has 0 aromatic heterocycles. The molecule has 0 saturated carbocycles. The van der Waals surface area contributed by atoms with Crippen LogP contribution in [0.1, 0.15) is 19.4 Å². The summed E-state index contributed by atoms with van der Waals surface area (Å²) in [6.07, 6.45) is 0.266. The number of benzene rings is 3. The van der Waals surface area contributed by atoms with Gasteiger partial charge in [-0.2, -0.15) is 0 Å². The molecule has 0 fully saturated rings. The Morgan fingerprint density at radius 1 is 0.964 bits per heavy atom. The molecule has 3 aromatic carbocycles. The minimum Gasteiger partial charge on any atom is -0.497 e. The highest BCUT2D eigenvalue weighted by Crippen LogP contribution is 2.25. The number of β-amino-alcohol motifs (C(OH)–C–C–N with tert-alkyl or cyclic N) is 1. The standard InChI is InChI=1S/C24H29NO3/c1-24(2,15-18-11-13-21(27-3)14-12-18)25-16-20(26)17-28-23-10-6-8-19-7-4-5-9-22(19)23/h4-14,20,25-26H,15-17H2,1-3H3. The number of methoxy groups -OCH3 is 1. The fourth-order valence-electron chi connectivity index (χ4n) is 3.28. The summed E-state index contributed by atoms with van der Waals surface area (Å²) < 4.78 is 11.1. The molecule has 0 heterocycles. The zero-order valence-electron chi connectivity index (χ0n) is 16.8. The number of fused-ring (bicyclic) bond motifs is 1. The lowest BCUT2D eigenvalue weighted by Crippen LogP contribution is -2.46. The molecule has 3 rings (SSSR count). The van der Waals surface area contributed by atoms with Crippen LogP contribution in [0.2, 0.25) is 0 Å². The molecule has 2 N–H and O–H groups in total. The summed E-state index contributed by atoms with van der Waals surface area (Å²) in [5, 5.41) is 16.0. The molecule has 0 bridgehead atoms. The maximum atomic E-state index is 10.4. The highest BCUT2D eigenvalue weighted by atomic mass is 16.5. The topological polar surface area (TPSA) is 50.7 Å². The first-order chi connectivity index (χ1) is 13.5. The van der Waals surface area contributed by atoms with Crippen molar-refractivity contribution in [1.29, 1.82) is 0 Å². The predicted molar refractivity (Wildman–Crippen MR) is 114 cm³/mol. The van der Waals surface area contributed by atoms with E-state index >= 15 is 0 Å². The summed E-state index contributed by atoms with van der Waals surface area (Å²) in [4.78, 5) is 0. The van der Waals surface area contributed by atoms with Crippen LogP contribution in [0.15, 0.2) is 66.7 Å². The molecule has 0 spiro atoms. The van der Waals surface area contributed by atoms with Crippen molar-refractivity contribution in [2.24, 2.45) is 0 Å². The first-order valence-corrected chi connectivity index (χ1v) is 9.63. The minimum absolute atomic E-state index is 0.144. The van der Waals surface area contributed by atoms with Gasteiger partial charge in [-0.25, -0.2) is 0 Å². The molecule has 1 unspecified atom stereocenters. The molecular weight excluding hydrogens is 350 g/mol. The molecule has 4 nitrogen and oxygen atoms in total. The van der Waals surface area contributed by atoms with Crippen LogP contribution in [0.3, 0.4) is 0 Å². The number of aliphatic hydroxyl groups is 1. The van der Waals surface area contributed by atoms with E-state index in [0.29, 0.717) is 6.54 Å². The molecular formula is C24H29NO3. The van der Waals surface area contributed by atoms with Crippen LogP contribution in [0, 0.1) is 0 Å². The van der Waals surface area contributed by atoms with Crippen molar-refractivity contribution in [1.82, 2.24) is 5.32 Å². The third-order valence-corrected chi connectivity index (χ3v) is 4.80. The lowest BCUT2D eigenvalue weighted by molar-refractivity contribution is 0.0996. The van der Waals surface area contributed by atoms with Gasteiger partial charge in [0.05, 0.1) is 7.11 Å². The molecule has 0 saturated heterocycles. The van der Waals surface area contributed by atoms with Crippen molar-refractivity contribution >= 4 is 10.8 Å². The maximum absolute atomic E-state index is 10.4. The summed E-state index contributed by atoms with van der Waals surface area (Å²) >= 11 is 0. The van der Waals surface area contributed by atoms with Crippen LogP contribution in [0.5, 0.6) is 11.5 Å². The van der Waals surface area contributed by atoms with E-state index in [-0.39, 0.29) is 12.1 Å². The Balaban J connectivity index is 1.50. The van der Waals surface area contributed by atoms with Crippen molar-refractivity contribution in [3.63, 3.8) is 0 Å². The number of rotatable bonds is 9. The summed E-state index contributed by atoms with van der Waals surface area (Å²) in [6.45, 7) is 4.98. The van der Waals surface area contributed by atoms with Gasteiger partial charge in [0.15, 0.2) is 0 Å². The second-order valence-corrected chi connectivity index (χ2v) is 7.73. The molecule has 148 valence electrons. The first-order valence-electron chi connectivity index (χ1n) is 9.63. The van der Waals surface area contributed by atoms with Gasteiger partial charge in [-0.1, -0.05) is 48.5 Å². The summed E-state index contributed by atoms with van der Waals surface area (Å²) in [6, 6.07) is 22.2. The second kappa shape index (κ2) is 9.09. The van der Waals surface area contributed by atoms with E-state index < -0.39 is 6.10 Å². The molecule has 4 heteroatoms. The summed E-state index contributed by atoms with van der Waals surface area (Å²) in [5.41, 5.74) is 1.08. The molecule has 3 aromatic rings. The smallest absolute Gasteiger partial charge is 0.127 e. The second-order valence-electron chi connectivity index (χ2n) is 7.73. The Morgan fingerprint density at radius 2 is 1.68 bits per heavy atom. The van der Waals surface area contributed by atoms with Crippen LogP contribution in [0.25, 0.3) is 10.8 Å². The highest BCUT2D eigenvalue weighted by Gasteiger charge is 2.19. The van der Waals surface area contributed by atoms with Crippen molar-refractivity contribution in [3.8, 4) is 11.5 Å². The van der Waals surface area contributed by atoms with Gasteiger partial charge in [0, 0.05) is 17.5 Å². The van der Waals surface area contributed by atoms with Crippen molar-refractivity contribution in [3.05, 3.63) is 72.3 Å². The van der Waals surface area contributed by atoms with Gasteiger partial charge < -0.3 is 19.9 Å². The Morgan fingerprint density at radius 3 is 2.43 bits per heavy atom. The van der Waals surface area contributed by atoms with Crippen molar-refractivity contribution in [2.45, 2.75) is 31.9 Å². The number of ether oxygens (including phenoxy) is 2. The maximum Gasteiger partial charge on any atom is 0.127 e. The van der Waals surface area contributed by atoms with E-state index in [0.717, 1.165) is 28.7 Å². The summed E-state index contributed by atoms with van der Waals surface area (Å²) in [5.74, 6) is 1.66. The molecule has 0 aliphatic rings. The number of nitrogens with one attached hydrogen (secondary N) is 1.